The molecule has 0 unspecified atom stereocenters. The molecule has 1 aromatic carbocycles. The van der Waals surface area contributed by atoms with Gasteiger partial charge in [-0.05, 0) is 48.9 Å². The highest BCUT2D eigenvalue weighted by atomic mass is 35.5. The standard InChI is InChI=1S/C18H15ClN4S2/c19-12-7-5-11(6-8-12)9-16-20-21-18-23(16)22-17(25-18)14-10-24-15-4-2-1-3-13(14)15/h5-8,10H,1-4,9H2. The molecule has 1 aliphatic carbocycles. The Morgan fingerprint density at radius 1 is 1.08 bits per heavy atom. The van der Waals surface area contributed by atoms with Crippen molar-refractivity contribution < 1.29 is 0 Å². The molecule has 0 atom stereocenters. The van der Waals surface area contributed by atoms with E-state index in [9.17, 15) is 0 Å². The van der Waals surface area contributed by atoms with Gasteiger partial charge in [0.15, 0.2) is 5.82 Å². The lowest BCUT2D eigenvalue weighted by molar-refractivity contribution is 0.698. The third-order valence-corrected chi connectivity index (χ3v) is 6.90. The lowest BCUT2D eigenvalue weighted by Gasteiger charge is -2.11. The Kier molecular flexibility index (Phi) is 3.84. The Morgan fingerprint density at radius 2 is 1.92 bits per heavy atom. The van der Waals surface area contributed by atoms with E-state index in [1.54, 1.807) is 11.3 Å². The van der Waals surface area contributed by atoms with E-state index in [0.29, 0.717) is 6.42 Å². The summed E-state index contributed by atoms with van der Waals surface area (Å²) in [5, 5.41) is 17.5. The molecule has 0 bridgehead atoms. The molecule has 1 aliphatic rings. The van der Waals surface area contributed by atoms with Gasteiger partial charge >= 0.3 is 0 Å². The second kappa shape index (κ2) is 6.20. The van der Waals surface area contributed by atoms with Crippen LogP contribution in [0.15, 0.2) is 29.6 Å². The second-order valence-electron chi connectivity index (χ2n) is 6.28. The number of fused-ring (bicyclic) bond motifs is 2. The van der Waals surface area contributed by atoms with Crippen molar-refractivity contribution in [2.75, 3.05) is 0 Å². The molecule has 0 aliphatic heterocycles. The van der Waals surface area contributed by atoms with E-state index in [-0.39, 0.29) is 0 Å². The molecule has 0 saturated carbocycles. The van der Waals surface area contributed by atoms with Gasteiger partial charge < -0.3 is 0 Å². The molecule has 3 heterocycles. The molecule has 0 radical (unpaired) electrons. The van der Waals surface area contributed by atoms with Crippen molar-refractivity contribution in [3.63, 3.8) is 0 Å². The van der Waals surface area contributed by atoms with Gasteiger partial charge in [0, 0.05) is 27.3 Å². The van der Waals surface area contributed by atoms with E-state index in [0.717, 1.165) is 26.4 Å². The average molecular weight is 387 g/mol. The smallest absolute Gasteiger partial charge is 0.187 e. The molecule has 4 aromatic rings. The van der Waals surface area contributed by atoms with E-state index < -0.39 is 0 Å². The Labute approximate surface area is 158 Å². The van der Waals surface area contributed by atoms with Gasteiger partial charge in [-0.1, -0.05) is 35.1 Å². The number of rotatable bonds is 3. The van der Waals surface area contributed by atoms with Gasteiger partial charge in [0.2, 0.25) is 4.96 Å². The van der Waals surface area contributed by atoms with Crippen LogP contribution in [0.1, 0.15) is 34.7 Å². The number of hydrogen-bond donors (Lipinski definition) is 0. The maximum Gasteiger partial charge on any atom is 0.234 e. The molecule has 0 saturated heterocycles. The molecule has 126 valence electrons. The van der Waals surface area contributed by atoms with Crippen LogP contribution in [0.5, 0.6) is 0 Å². The quantitative estimate of drug-likeness (QED) is 0.495. The van der Waals surface area contributed by atoms with Gasteiger partial charge in [0.05, 0.1) is 0 Å². The van der Waals surface area contributed by atoms with Gasteiger partial charge in [-0.2, -0.15) is 9.61 Å². The highest BCUT2D eigenvalue weighted by molar-refractivity contribution is 7.20. The molecule has 0 amide bonds. The largest absolute Gasteiger partial charge is 0.234 e. The highest BCUT2D eigenvalue weighted by Crippen LogP contribution is 2.38. The van der Waals surface area contributed by atoms with Crippen LogP contribution in [0.25, 0.3) is 15.5 Å². The van der Waals surface area contributed by atoms with E-state index in [2.05, 4.69) is 15.6 Å². The first-order chi connectivity index (χ1) is 12.3. The third-order valence-electron chi connectivity index (χ3n) is 4.62. The maximum absolute atomic E-state index is 5.96. The molecule has 7 heteroatoms. The summed E-state index contributed by atoms with van der Waals surface area (Å²) < 4.78 is 1.89. The molecule has 25 heavy (non-hydrogen) atoms. The SMILES string of the molecule is Clc1ccc(Cc2nnc3sc(-c4csc5c4CCCC5)nn23)cc1. The zero-order valence-electron chi connectivity index (χ0n) is 13.4. The zero-order valence-corrected chi connectivity index (χ0v) is 15.8. The first-order valence-electron chi connectivity index (χ1n) is 8.33. The fourth-order valence-electron chi connectivity index (χ4n) is 3.33. The molecule has 0 spiro atoms. The van der Waals surface area contributed by atoms with Crippen LogP contribution in [0.2, 0.25) is 5.02 Å². The molecule has 0 N–H and O–H groups in total. The maximum atomic E-state index is 5.96. The molecule has 3 aromatic heterocycles. The molecule has 4 nitrogen and oxygen atoms in total. The van der Waals surface area contributed by atoms with Crippen molar-refractivity contribution in [2.24, 2.45) is 0 Å². The number of aryl methyl sites for hydroxylation is 1. The highest BCUT2D eigenvalue weighted by Gasteiger charge is 2.20. The molecule has 0 fully saturated rings. The van der Waals surface area contributed by atoms with Gasteiger partial charge in [-0.3, -0.25) is 0 Å². The predicted molar refractivity (Wildman–Crippen MR) is 103 cm³/mol. The van der Waals surface area contributed by atoms with Crippen molar-refractivity contribution in [1.82, 2.24) is 19.8 Å². The van der Waals surface area contributed by atoms with Crippen molar-refractivity contribution in [2.45, 2.75) is 32.1 Å². The van der Waals surface area contributed by atoms with Crippen molar-refractivity contribution in [3.05, 3.63) is 56.5 Å². The second-order valence-corrected chi connectivity index (χ2v) is 8.64. The third kappa shape index (κ3) is 2.78. The monoisotopic (exact) mass is 386 g/mol. The van der Waals surface area contributed by atoms with Crippen LogP contribution < -0.4 is 0 Å². The molecular formula is C18H15ClN4S2. The van der Waals surface area contributed by atoms with Crippen LogP contribution in [-0.2, 0) is 19.3 Å². The fourth-order valence-corrected chi connectivity index (χ4v) is 5.57. The number of halogens is 1. The number of thiophene rings is 1. The van der Waals surface area contributed by atoms with Crippen molar-refractivity contribution >= 4 is 39.2 Å². The Balaban J connectivity index is 1.51. The van der Waals surface area contributed by atoms with Crippen LogP contribution in [-0.4, -0.2) is 19.8 Å². The van der Waals surface area contributed by atoms with Crippen molar-refractivity contribution in [1.29, 1.82) is 0 Å². The van der Waals surface area contributed by atoms with Gasteiger partial charge in [-0.25, -0.2) is 0 Å². The molecule has 5 rings (SSSR count). The van der Waals surface area contributed by atoms with Gasteiger partial charge in [0.25, 0.3) is 0 Å². The van der Waals surface area contributed by atoms with Crippen LogP contribution >= 0.6 is 34.3 Å². The summed E-state index contributed by atoms with van der Waals surface area (Å²) in [7, 11) is 0. The number of nitrogens with zero attached hydrogens (tertiary/aromatic N) is 4. The summed E-state index contributed by atoms with van der Waals surface area (Å²) in [4.78, 5) is 2.39. The average Bonchev–Trinajstić information content (AvgIpc) is 3.31. The minimum atomic E-state index is 0.698. The summed E-state index contributed by atoms with van der Waals surface area (Å²) >= 11 is 9.47. The van der Waals surface area contributed by atoms with Gasteiger partial charge in [-0.15, -0.1) is 21.5 Å². The zero-order chi connectivity index (χ0) is 16.8. The van der Waals surface area contributed by atoms with Crippen LogP contribution in [0, 0.1) is 0 Å². The summed E-state index contributed by atoms with van der Waals surface area (Å²) in [6, 6.07) is 7.84. The van der Waals surface area contributed by atoms with Crippen LogP contribution in [0.3, 0.4) is 0 Å². The molecular weight excluding hydrogens is 372 g/mol. The normalized spacial score (nSPS) is 14.1. The van der Waals surface area contributed by atoms with E-state index >= 15 is 0 Å². The minimum Gasteiger partial charge on any atom is -0.187 e. The summed E-state index contributed by atoms with van der Waals surface area (Å²) in [6.07, 6.45) is 5.67. The first kappa shape index (κ1) is 15.5. The Hall–Kier alpha value is -1.76. The number of hydrogen-bond acceptors (Lipinski definition) is 5. The minimum absolute atomic E-state index is 0.698. The summed E-state index contributed by atoms with van der Waals surface area (Å²) in [5.41, 5.74) is 3.95. The summed E-state index contributed by atoms with van der Waals surface area (Å²) in [5.74, 6) is 0.865. The van der Waals surface area contributed by atoms with E-state index in [1.165, 1.54) is 41.7 Å². The lowest BCUT2D eigenvalue weighted by atomic mass is 9.96. The Morgan fingerprint density at radius 3 is 2.80 bits per heavy atom. The van der Waals surface area contributed by atoms with E-state index in [1.807, 2.05) is 40.1 Å². The fraction of sp³-hybridized carbons (Fsp3) is 0.278. The summed E-state index contributed by atoms with van der Waals surface area (Å²) in [6.45, 7) is 0. The van der Waals surface area contributed by atoms with Crippen molar-refractivity contribution in [3.8, 4) is 10.6 Å². The first-order valence-corrected chi connectivity index (χ1v) is 10.4. The van der Waals surface area contributed by atoms with Gasteiger partial charge in [0.1, 0.15) is 5.01 Å². The Bertz CT molecular complexity index is 1050. The predicted octanol–water partition coefficient (Wildman–Crippen LogP) is 5.04. The number of aromatic nitrogens is 4. The number of benzene rings is 1. The topological polar surface area (TPSA) is 43.1 Å². The van der Waals surface area contributed by atoms with Crippen LogP contribution in [0.4, 0.5) is 0 Å². The lowest BCUT2D eigenvalue weighted by Crippen LogP contribution is -2.00. The van der Waals surface area contributed by atoms with E-state index in [4.69, 9.17) is 16.7 Å².